The fourth-order valence-electron chi connectivity index (χ4n) is 3.09. The van der Waals surface area contributed by atoms with Gasteiger partial charge in [0.1, 0.15) is 17.9 Å². The molecular formula is C19H13F3N4O2. The number of fused-ring (bicyclic) bond motifs is 1. The second-order valence-corrected chi connectivity index (χ2v) is 6.19. The molecule has 4 rings (SSSR count). The summed E-state index contributed by atoms with van der Waals surface area (Å²) in [6.45, 7) is 0.570. The molecule has 0 radical (unpaired) electrons. The number of H-pyrrole nitrogens is 1. The third-order valence-corrected chi connectivity index (χ3v) is 4.39. The van der Waals surface area contributed by atoms with Crippen molar-refractivity contribution in [2.75, 3.05) is 4.90 Å². The Morgan fingerprint density at radius 1 is 1.25 bits per heavy atom. The van der Waals surface area contributed by atoms with Crippen molar-refractivity contribution in [1.82, 2.24) is 15.2 Å². The normalized spacial score (nSPS) is 13.2. The molecule has 0 fully saturated rings. The van der Waals surface area contributed by atoms with Crippen molar-refractivity contribution >= 4 is 5.69 Å². The standard InChI is InChI=1S/C19H13F3N4O2/c20-19(21,22)17-15(8-24-25-18(17)27)26-9-13-2-1-3-16(14(13)10-26)28-11-12-4-6-23-7-5-12/h3-8H,9-11H2,(H,25,27). The van der Waals surface area contributed by atoms with Crippen LogP contribution in [0.25, 0.3) is 0 Å². The summed E-state index contributed by atoms with van der Waals surface area (Å²) in [6.07, 6.45) is -0.489. The maximum Gasteiger partial charge on any atom is 0.423 e. The van der Waals surface area contributed by atoms with E-state index in [0.29, 0.717) is 16.9 Å². The van der Waals surface area contributed by atoms with E-state index in [1.54, 1.807) is 18.5 Å². The summed E-state index contributed by atoms with van der Waals surface area (Å²) in [6, 6.07) is 11.0. The molecular weight excluding hydrogens is 373 g/mol. The minimum absolute atomic E-state index is 0.139. The summed E-state index contributed by atoms with van der Waals surface area (Å²) in [4.78, 5) is 17.1. The molecule has 1 aromatic carbocycles. The van der Waals surface area contributed by atoms with Crippen LogP contribution in [0.2, 0.25) is 0 Å². The Kier molecular flexibility index (Phi) is 4.39. The lowest BCUT2D eigenvalue weighted by atomic mass is 10.1. The smallest absolute Gasteiger partial charge is 0.423 e. The van der Waals surface area contributed by atoms with Crippen LogP contribution in [0, 0.1) is 12.1 Å². The van der Waals surface area contributed by atoms with E-state index in [1.807, 2.05) is 17.2 Å². The quantitative estimate of drug-likeness (QED) is 0.747. The molecule has 142 valence electrons. The molecule has 9 heteroatoms. The summed E-state index contributed by atoms with van der Waals surface area (Å²) in [7, 11) is 0. The first kappa shape index (κ1) is 17.9. The van der Waals surface area contributed by atoms with E-state index in [2.05, 4.69) is 22.2 Å². The van der Waals surface area contributed by atoms with Crippen LogP contribution in [0.4, 0.5) is 18.9 Å². The molecule has 0 bridgehead atoms. The molecule has 0 atom stereocenters. The van der Waals surface area contributed by atoms with Gasteiger partial charge in [0, 0.05) is 36.1 Å². The van der Waals surface area contributed by atoms with Crippen molar-refractivity contribution < 1.29 is 17.9 Å². The molecule has 28 heavy (non-hydrogen) atoms. The molecule has 1 N–H and O–H groups in total. The van der Waals surface area contributed by atoms with Gasteiger partial charge in [0.05, 0.1) is 18.4 Å². The van der Waals surface area contributed by atoms with E-state index in [9.17, 15) is 18.0 Å². The minimum Gasteiger partial charge on any atom is -0.488 e. The zero-order chi connectivity index (χ0) is 19.7. The number of hydrogen-bond donors (Lipinski definition) is 1. The molecule has 0 saturated heterocycles. The number of alkyl halides is 3. The Bertz CT molecular complexity index is 1050. The van der Waals surface area contributed by atoms with Crippen molar-refractivity contribution in [2.24, 2.45) is 0 Å². The molecule has 6 nitrogen and oxygen atoms in total. The lowest BCUT2D eigenvalue weighted by Gasteiger charge is -2.21. The molecule has 1 aliphatic heterocycles. The first-order valence-corrected chi connectivity index (χ1v) is 8.29. The zero-order valence-corrected chi connectivity index (χ0v) is 14.4. The average Bonchev–Trinajstić information content (AvgIpc) is 3.11. The highest BCUT2D eigenvalue weighted by atomic mass is 19.4. The summed E-state index contributed by atoms with van der Waals surface area (Å²) < 4.78 is 45.9. The van der Waals surface area contributed by atoms with Gasteiger partial charge < -0.3 is 9.64 Å². The van der Waals surface area contributed by atoms with Crippen molar-refractivity contribution in [1.29, 1.82) is 0 Å². The largest absolute Gasteiger partial charge is 0.488 e. The van der Waals surface area contributed by atoms with Gasteiger partial charge >= 0.3 is 6.18 Å². The number of pyridine rings is 1. The molecule has 3 heterocycles. The van der Waals surface area contributed by atoms with Crippen LogP contribution in [0.5, 0.6) is 5.75 Å². The number of aromatic amines is 1. The maximum absolute atomic E-state index is 13.4. The SMILES string of the molecule is O=c1[nH]ncc(N2Cc3c#ccc(OCc4ccncc4)c3C2)c1C(F)(F)F. The number of halogens is 3. The summed E-state index contributed by atoms with van der Waals surface area (Å²) in [5.74, 6) is 0.513. The average molecular weight is 386 g/mol. The number of ether oxygens (including phenoxy) is 1. The van der Waals surface area contributed by atoms with Crippen molar-refractivity contribution in [3.05, 3.63) is 81.5 Å². The predicted octanol–water partition coefficient (Wildman–Crippen LogP) is 2.88. The van der Waals surface area contributed by atoms with Crippen molar-refractivity contribution in [3.63, 3.8) is 0 Å². The van der Waals surface area contributed by atoms with Gasteiger partial charge in [0.25, 0.3) is 5.56 Å². The molecule has 1 aliphatic rings. The van der Waals surface area contributed by atoms with E-state index in [4.69, 9.17) is 4.74 Å². The summed E-state index contributed by atoms with van der Waals surface area (Å²) in [5, 5.41) is 5.38. The first-order chi connectivity index (χ1) is 13.4. The van der Waals surface area contributed by atoms with Crippen LogP contribution in [-0.2, 0) is 25.9 Å². The van der Waals surface area contributed by atoms with Crippen LogP contribution >= 0.6 is 0 Å². The number of hydrogen-bond acceptors (Lipinski definition) is 5. The Morgan fingerprint density at radius 2 is 2.04 bits per heavy atom. The zero-order valence-electron chi connectivity index (χ0n) is 14.4. The highest BCUT2D eigenvalue weighted by Crippen LogP contribution is 2.38. The third-order valence-electron chi connectivity index (χ3n) is 4.39. The van der Waals surface area contributed by atoms with Gasteiger partial charge in [-0.05, 0) is 17.7 Å². The Labute approximate surface area is 157 Å². The van der Waals surface area contributed by atoms with Gasteiger partial charge in [0.2, 0.25) is 0 Å². The maximum atomic E-state index is 13.4. The Hall–Kier alpha value is -3.54. The van der Waals surface area contributed by atoms with Gasteiger partial charge in [-0.25, -0.2) is 5.10 Å². The van der Waals surface area contributed by atoms with E-state index in [0.717, 1.165) is 11.8 Å². The molecule has 0 saturated carbocycles. The second-order valence-electron chi connectivity index (χ2n) is 6.19. The van der Waals surface area contributed by atoms with Crippen LogP contribution in [0.1, 0.15) is 22.3 Å². The number of anilines is 1. The summed E-state index contributed by atoms with van der Waals surface area (Å²) >= 11 is 0. The number of nitrogens with one attached hydrogen (secondary N) is 1. The van der Waals surface area contributed by atoms with E-state index in [1.165, 1.54) is 4.90 Å². The van der Waals surface area contributed by atoms with Gasteiger partial charge in [-0.2, -0.15) is 18.3 Å². The van der Waals surface area contributed by atoms with Gasteiger partial charge in [-0.3, -0.25) is 9.78 Å². The van der Waals surface area contributed by atoms with Crippen LogP contribution in [-0.4, -0.2) is 15.2 Å². The van der Waals surface area contributed by atoms with Crippen LogP contribution < -0.4 is 15.2 Å². The molecule has 0 aliphatic carbocycles. The van der Waals surface area contributed by atoms with Gasteiger partial charge in [0.15, 0.2) is 0 Å². The topological polar surface area (TPSA) is 71.1 Å². The van der Waals surface area contributed by atoms with Crippen LogP contribution in [0.3, 0.4) is 0 Å². The van der Waals surface area contributed by atoms with Crippen LogP contribution in [0.15, 0.2) is 41.6 Å². The molecule has 0 unspecified atom stereocenters. The number of aromatic nitrogens is 3. The van der Waals surface area contributed by atoms with Crippen molar-refractivity contribution in [3.8, 4) is 5.75 Å². The van der Waals surface area contributed by atoms with E-state index >= 15 is 0 Å². The number of rotatable bonds is 4. The third kappa shape index (κ3) is 3.36. The molecule has 0 amide bonds. The highest BCUT2D eigenvalue weighted by molar-refractivity contribution is 5.57. The molecule has 0 spiro atoms. The molecule has 3 aromatic rings. The number of nitrogens with zero attached hydrogens (tertiary/aromatic N) is 3. The first-order valence-electron chi connectivity index (χ1n) is 8.29. The Balaban J connectivity index is 1.62. The predicted molar refractivity (Wildman–Crippen MR) is 92.4 cm³/mol. The Morgan fingerprint density at radius 3 is 2.79 bits per heavy atom. The lowest BCUT2D eigenvalue weighted by molar-refractivity contribution is -0.138. The van der Waals surface area contributed by atoms with Gasteiger partial charge in [-0.15, -0.1) is 0 Å². The highest BCUT2D eigenvalue weighted by Gasteiger charge is 2.39. The fourth-order valence-corrected chi connectivity index (χ4v) is 3.09. The minimum atomic E-state index is -4.79. The lowest BCUT2D eigenvalue weighted by Crippen LogP contribution is -2.28. The monoisotopic (exact) mass is 386 g/mol. The molecule has 2 aromatic heterocycles. The van der Waals surface area contributed by atoms with E-state index in [-0.39, 0.29) is 25.4 Å². The van der Waals surface area contributed by atoms with Crippen molar-refractivity contribution in [2.45, 2.75) is 25.9 Å². The summed E-state index contributed by atoms with van der Waals surface area (Å²) in [5.41, 5.74) is -0.531. The second kappa shape index (κ2) is 6.88. The fraction of sp³-hybridized carbons (Fsp3) is 0.211. The van der Waals surface area contributed by atoms with Gasteiger partial charge in [-0.1, -0.05) is 12.1 Å². The van der Waals surface area contributed by atoms with E-state index < -0.39 is 17.3 Å².